The minimum absolute atomic E-state index is 0.292. The average molecular weight is 261 g/mol. The van der Waals surface area contributed by atoms with Crippen molar-refractivity contribution in [2.24, 2.45) is 5.41 Å². The summed E-state index contributed by atoms with van der Waals surface area (Å²) < 4.78 is 0. The summed E-state index contributed by atoms with van der Waals surface area (Å²) >= 11 is 0. The Morgan fingerprint density at radius 3 is 2.32 bits per heavy atom. The number of aliphatic hydroxyl groups excluding tert-OH is 1. The molecule has 0 saturated heterocycles. The number of rotatable bonds is 4. The van der Waals surface area contributed by atoms with E-state index in [9.17, 15) is 14.7 Å². The third-order valence-corrected chi connectivity index (χ3v) is 2.54. The van der Waals surface area contributed by atoms with Gasteiger partial charge in [0.2, 0.25) is 0 Å². The summed E-state index contributed by atoms with van der Waals surface area (Å²) in [5.41, 5.74) is 0.305. The molecule has 102 valence electrons. The predicted molar refractivity (Wildman–Crippen MR) is 73.5 cm³/mol. The molecule has 0 unspecified atom stereocenters. The Balaban J connectivity index is 2.59. The van der Waals surface area contributed by atoms with Crippen LogP contribution in [0.1, 0.15) is 26.3 Å². The zero-order valence-corrected chi connectivity index (χ0v) is 11.4. The van der Waals surface area contributed by atoms with Gasteiger partial charge in [-0.15, -0.1) is 0 Å². The van der Waals surface area contributed by atoms with Crippen molar-refractivity contribution in [3.05, 3.63) is 47.7 Å². The molecule has 0 saturated carbocycles. The molecule has 1 rings (SSSR count). The Bertz CT molecular complexity index is 484. The van der Waals surface area contributed by atoms with Gasteiger partial charge in [-0.1, -0.05) is 51.1 Å². The van der Waals surface area contributed by atoms with Crippen LogP contribution in [0.4, 0.5) is 0 Å². The topological polar surface area (TPSA) is 66.4 Å². The van der Waals surface area contributed by atoms with Crippen LogP contribution in [0.3, 0.4) is 0 Å². The second-order valence-corrected chi connectivity index (χ2v) is 5.31. The number of nitrogens with one attached hydrogen (secondary N) is 1. The fourth-order valence-corrected chi connectivity index (χ4v) is 1.27. The van der Waals surface area contributed by atoms with Crippen molar-refractivity contribution in [2.45, 2.75) is 27.3 Å². The minimum Gasteiger partial charge on any atom is -0.503 e. The maximum atomic E-state index is 11.6. The summed E-state index contributed by atoms with van der Waals surface area (Å²) in [4.78, 5) is 23.2. The molecule has 4 heteroatoms. The maximum Gasteiger partial charge on any atom is 0.286 e. The molecule has 2 N–H and O–H groups in total. The van der Waals surface area contributed by atoms with Gasteiger partial charge in [-0.25, -0.2) is 0 Å². The summed E-state index contributed by atoms with van der Waals surface area (Å²) in [5.74, 6) is -1.50. The van der Waals surface area contributed by atoms with Crippen molar-refractivity contribution >= 4 is 11.7 Å². The number of amides is 1. The fourth-order valence-electron chi connectivity index (χ4n) is 1.27. The molecule has 0 fully saturated rings. The van der Waals surface area contributed by atoms with Gasteiger partial charge in [0.15, 0.2) is 11.5 Å². The molecule has 0 heterocycles. The third kappa shape index (κ3) is 4.95. The lowest BCUT2D eigenvalue weighted by Crippen LogP contribution is -2.26. The van der Waals surface area contributed by atoms with E-state index in [4.69, 9.17) is 0 Å². The number of ketones is 1. The van der Waals surface area contributed by atoms with E-state index in [2.05, 4.69) is 5.32 Å². The van der Waals surface area contributed by atoms with Gasteiger partial charge in [-0.2, -0.15) is 0 Å². The normalized spacial score (nSPS) is 12.1. The standard InChI is InChI=1S/C15H19NO3/c1-15(2,3)13(18)9-12(17)14(19)16-10-11-7-5-4-6-8-11/h4-9,17H,10H2,1-3H3,(H,16,19). The van der Waals surface area contributed by atoms with Crippen LogP contribution in [-0.2, 0) is 16.1 Å². The van der Waals surface area contributed by atoms with E-state index in [0.29, 0.717) is 6.54 Å². The van der Waals surface area contributed by atoms with Crippen molar-refractivity contribution in [2.75, 3.05) is 0 Å². The van der Waals surface area contributed by atoms with Gasteiger partial charge in [-0.3, -0.25) is 9.59 Å². The molecule has 19 heavy (non-hydrogen) atoms. The van der Waals surface area contributed by atoms with Gasteiger partial charge in [-0.05, 0) is 5.56 Å². The van der Waals surface area contributed by atoms with E-state index in [1.54, 1.807) is 20.8 Å². The number of allylic oxidation sites excluding steroid dienone is 1. The summed E-state index contributed by atoms with van der Waals surface area (Å²) in [5, 5.41) is 12.1. The molecule has 0 aliphatic rings. The van der Waals surface area contributed by atoms with E-state index in [1.165, 1.54) is 0 Å². The van der Waals surface area contributed by atoms with E-state index < -0.39 is 17.1 Å². The Kier molecular flexibility index (Phi) is 4.87. The van der Waals surface area contributed by atoms with Gasteiger partial charge in [0.25, 0.3) is 5.91 Å². The van der Waals surface area contributed by atoms with Crippen LogP contribution in [0.25, 0.3) is 0 Å². The van der Waals surface area contributed by atoms with Gasteiger partial charge in [0.1, 0.15) is 0 Å². The summed E-state index contributed by atoms with van der Waals surface area (Å²) in [6.45, 7) is 5.48. The van der Waals surface area contributed by atoms with E-state index in [1.807, 2.05) is 30.3 Å². The van der Waals surface area contributed by atoms with Gasteiger partial charge in [0, 0.05) is 18.0 Å². The van der Waals surface area contributed by atoms with Crippen molar-refractivity contribution in [1.82, 2.24) is 5.32 Å². The highest BCUT2D eigenvalue weighted by Gasteiger charge is 2.21. The fraction of sp³-hybridized carbons (Fsp3) is 0.333. The zero-order chi connectivity index (χ0) is 14.5. The van der Waals surface area contributed by atoms with Crippen molar-refractivity contribution in [1.29, 1.82) is 0 Å². The largest absolute Gasteiger partial charge is 0.503 e. The Labute approximate surface area is 113 Å². The third-order valence-electron chi connectivity index (χ3n) is 2.54. The van der Waals surface area contributed by atoms with Crippen LogP contribution in [0.15, 0.2) is 42.2 Å². The van der Waals surface area contributed by atoms with Gasteiger partial charge < -0.3 is 10.4 Å². The summed E-state index contributed by atoms with van der Waals surface area (Å²) in [7, 11) is 0. The molecule has 0 bridgehead atoms. The number of carbonyl (C=O) groups is 2. The van der Waals surface area contributed by atoms with Crippen molar-refractivity contribution in [3.8, 4) is 0 Å². The second-order valence-electron chi connectivity index (χ2n) is 5.31. The number of hydrogen-bond donors (Lipinski definition) is 2. The molecule has 1 aromatic carbocycles. The molecular weight excluding hydrogens is 242 g/mol. The number of hydrogen-bond acceptors (Lipinski definition) is 3. The molecule has 0 aliphatic heterocycles. The molecule has 4 nitrogen and oxygen atoms in total. The van der Waals surface area contributed by atoms with Gasteiger partial charge >= 0.3 is 0 Å². The lowest BCUT2D eigenvalue weighted by Gasteiger charge is -2.13. The van der Waals surface area contributed by atoms with Crippen LogP contribution >= 0.6 is 0 Å². The number of aliphatic hydroxyl groups is 1. The van der Waals surface area contributed by atoms with E-state index in [-0.39, 0.29) is 5.78 Å². The summed E-state index contributed by atoms with van der Waals surface area (Å²) in [6, 6.07) is 9.33. The zero-order valence-electron chi connectivity index (χ0n) is 11.4. The highest BCUT2D eigenvalue weighted by Crippen LogP contribution is 2.15. The monoisotopic (exact) mass is 261 g/mol. The molecule has 0 atom stereocenters. The minimum atomic E-state index is -0.651. The van der Waals surface area contributed by atoms with Crippen LogP contribution in [-0.4, -0.2) is 16.8 Å². The molecule has 0 aliphatic carbocycles. The second kappa shape index (κ2) is 6.18. The maximum absolute atomic E-state index is 11.6. The van der Waals surface area contributed by atoms with Crippen molar-refractivity contribution < 1.29 is 14.7 Å². The van der Waals surface area contributed by atoms with E-state index >= 15 is 0 Å². The van der Waals surface area contributed by atoms with Gasteiger partial charge in [0.05, 0.1) is 0 Å². The first-order chi connectivity index (χ1) is 8.80. The summed E-state index contributed by atoms with van der Waals surface area (Å²) in [6.07, 6.45) is 0.973. The molecular formula is C15H19NO3. The Morgan fingerprint density at radius 1 is 1.21 bits per heavy atom. The van der Waals surface area contributed by atoms with E-state index in [0.717, 1.165) is 11.6 Å². The smallest absolute Gasteiger partial charge is 0.286 e. The van der Waals surface area contributed by atoms with Crippen LogP contribution < -0.4 is 5.32 Å². The Morgan fingerprint density at radius 2 is 1.79 bits per heavy atom. The van der Waals surface area contributed by atoms with Crippen LogP contribution in [0.5, 0.6) is 0 Å². The molecule has 0 radical (unpaired) electrons. The highest BCUT2D eigenvalue weighted by atomic mass is 16.3. The first-order valence-electron chi connectivity index (χ1n) is 6.08. The van der Waals surface area contributed by atoms with Crippen LogP contribution in [0.2, 0.25) is 0 Å². The first kappa shape index (κ1) is 15.0. The predicted octanol–water partition coefficient (Wildman–Crippen LogP) is 2.36. The molecule has 1 amide bonds. The lowest BCUT2D eigenvalue weighted by molar-refractivity contribution is -0.123. The van der Waals surface area contributed by atoms with Crippen LogP contribution in [0, 0.1) is 5.41 Å². The lowest BCUT2D eigenvalue weighted by atomic mass is 9.90. The average Bonchev–Trinajstić information content (AvgIpc) is 2.35. The quantitative estimate of drug-likeness (QED) is 0.646. The van der Waals surface area contributed by atoms with Crippen molar-refractivity contribution in [3.63, 3.8) is 0 Å². The number of carbonyl (C=O) groups excluding carboxylic acids is 2. The molecule has 1 aromatic rings. The Hall–Kier alpha value is -2.10. The first-order valence-corrected chi connectivity index (χ1v) is 6.08. The number of benzene rings is 1. The molecule has 0 spiro atoms. The molecule has 0 aromatic heterocycles. The SMILES string of the molecule is CC(C)(C)C(=O)C=C(O)C(=O)NCc1ccccc1. The highest BCUT2D eigenvalue weighted by molar-refractivity contribution is 6.01.